The van der Waals surface area contributed by atoms with Crippen molar-refractivity contribution < 1.29 is 33.5 Å². The SMILES string of the molecule is CC(C)(C)OC(=O)NCC(=O)Nc1cc(CO)ccc1OCc1ccc([N+](=O)[O-])o1. The molecule has 2 rings (SSSR count). The van der Waals surface area contributed by atoms with Gasteiger partial charge in [0.25, 0.3) is 0 Å². The summed E-state index contributed by atoms with van der Waals surface area (Å²) in [6.45, 7) is 4.37. The minimum Gasteiger partial charge on any atom is -0.483 e. The second kappa shape index (κ2) is 9.74. The van der Waals surface area contributed by atoms with Crippen LogP contribution in [0.3, 0.4) is 0 Å². The van der Waals surface area contributed by atoms with Gasteiger partial charge in [0.15, 0.2) is 0 Å². The Hall–Kier alpha value is -3.60. The molecule has 1 aromatic carbocycles. The Morgan fingerprint density at radius 2 is 1.97 bits per heavy atom. The summed E-state index contributed by atoms with van der Waals surface area (Å²) in [7, 11) is 0. The zero-order valence-electron chi connectivity index (χ0n) is 16.8. The van der Waals surface area contributed by atoms with E-state index in [2.05, 4.69) is 10.6 Å². The Balaban J connectivity index is 2.02. The molecule has 0 aliphatic rings. The monoisotopic (exact) mass is 421 g/mol. The molecule has 0 radical (unpaired) electrons. The second-order valence-corrected chi connectivity index (χ2v) is 7.18. The number of carbonyl (C=O) groups is 2. The number of aliphatic hydroxyl groups is 1. The zero-order chi connectivity index (χ0) is 22.3. The lowest BCUT2D eigenvalue weighted by Gasteiger charge is -2.19. The number of benzene rings is 1. The van der Waals surface area contributed by atoms with E-state index >= 15 is 0 Å². The number of furan rings is 1. The van der Waals surface area contributed by atoms with Crippen LogP contribution in [-0.4, -0.2) is 34.2 Å². The minimum atomic E-state index is -0.738. The van der Waals surface area contributed by atoms with Crippen LogP contribution in [0, 0.1) is 10.1 Å². The highest BCUT2D eigenvalue weighted by Gasteiger charge is 2.18. The molecule has 30 heavy (non-hydrogen) atoms. The molecular weight excluding hydrogens is 398 g/mol. The largest absolute Gasteiger partial charge is 0.483 e. The third-order valence-corrected chi connectivity index (χ3v) is 3.49. The molecule has 0 atom stereocenters. The van der Waals surface area contributed by atoms with E-state index in [0.29, 0.717) is 5.56 Å². The number of anilines is 1. The van der Waals surface area contributed by atoms with Crippen LogP contribution in [0.2, 0.25) is 0 Å². The Bertz CT molecular complexity index is 917. The van der Waals surface area contributed by atoms with Crippen molar-refractivity contribution in [3.8, 4) is 5.75 Å². The first-order chi connectivity index (χ1) is 14.1. The fourth-order valence-electron chi connectivity index (χ4n) is 2.25. The number of amides is 2. The van der Waals surface area contributed by atoms with Crippen LogP contribution >= 0.6 is 0 Å². The van der Waals surface area contributed by atoms with Gasteiger partial charge in [-0.2, -0.15) is 0 Å². The molecule has 1 aromatic heterocycles. The highest BCUT2D eigenvalue weighted by atomic mass is 16.6. The number of rotatable bonds is 8. The molecular formula is C19H23N3O8. The van der Waals surface area contributed by atoms with Gasteiger partial charge in [0.05, 0.1) is 18.4 Å². The molecule has 162 valence electrons. The number of nitro groups is 1. The van der Waals surface area contributed by atoms with Crippen LogP contribution in [0.5, 0.6) is 5.75 Å². The van der Waals surface area contributed by atoms with Gasteiger partial charge >= 0.3 is 12.0 Å². The van der Waals surface area contributed by atoms with E-state index < -0.39 is 28.4 Å². The molecule has 0 unspecified atom stereocenters. The van der Waals surface area contributed by atoms with Crippen LogP contribution in [0.4, 0.5) is 16.4 Å². The summed E-state index contributed by atoms with van der Waals surface area (Å²) in [5.41, 5.74) is 0.0720. The molecule has 1 heterocycles. The standard InChI is InChI=1S/C19H23N3O8/c1-19(2,3)30-18(25)20-9-16(24)21-14-8-12(10-23)4-6-15(14)28-11-13-5-7-17(29-13)22(26)27/h4-8,23H,9-11H2,1-3H3,(H,20,25)(H,21,24). The molecule has 11 heteroatoms. The summed E-state index contributed by atoms with van der Waals surface area (Å²) in [5.74, 6) is -0.492. The Kier molecular flexibility index (Phi) is 7.37. The van der Waals surface area contributed by atoms with Crippen molar-refractivity contribution in [2.75, 3.05) is 11.9 Å². The summed E-state index contributed by atoms with van der Waals surface area (Å²) < 4.78 is 15.7. The van der Waals surface area contributed by atoms with E-state index in [4.69, 9.17) is 13.9 Å². The average molecular weight is 421 g/mol. The van der Waals surface area contributed by atoms with Gasteiger partial charge in [-0.05, 0) is 44.5 Å². The predicted molar refractivity (Wildman–Crippen MR) is 105 cm³/mol. The summed E-state index contributed by atoms with van der Waals surface area (Å²) in [4.78, 5) is 33.9. The summed E-state index contributed by atoms with van der Waals surface area (Å²) >= 11 is 0. The van der Waals surface area contributed by atoms with Crippen LogP contribution in [0.15, 0.2) is 34.7 Å². The predicted octanol–water partition coefficient (Wildman–Crippen LogP) is 2.72. The quantitative estimate of drug-likeness (QED) is 0.434. The first kappa shape index (κ1) is 22.7. The molecule has 2 amide bonds. The number of nitrogens with zero attached hydrogens (tertiary/aromatic N) is 1. The van der Waals surface area contributed by atoms with E-state index in [1.165, 1.54) is 24.3 Å². The Morgan fingerprint density at radius 1 is 1.23 bits per heavy atom. The van der Waals surface area contributed by atoms with Crippen molar-refractivity contribution in [1.29, 1.82) is 0 Å². The lowest BCUT2D eigenvalue weighted by atomic mass is 10.2. The number of hydrogen-bond acceptors (Lipinski definition) is 8. The number of hydrogen-bond donors (Lipinski definition) is 3. The highest BCUT2D eigenvalue weighted by molar-refractivity contribution is 5.95. The van der Waals surface area contributed by atoms with Crippen molar-refractivity contribution >= 4 is 23.6 Å². The van der Waals surface area contributed by atoms with E-state index in [9.17, 15) is 24.8 Å². The second-order valence-electron chi connectivity index (χ2n) is 7.18. The normalized spacial score (nSPS) is 10.9. The van der Waals surface area contributed by atoms with Crippen molar-refractivity contribution in [2.45, 2.75) is 39.6 Å². The molecule has 0 bridgehead atoms. The maximum absolute atomic E-state index is 12.2. The first-order valence-electron chi connectivity index (χ1n) is 8.94. The summed E-state index contributed by atoms with van der Waals surface area (Å²) in [5, 5.41) is 24.9. The number of carbonyl (C=O) groups excluding carboxylic acids is 2. The van der Waals surface area contributed by atoms with E-state index in [1.807, 2.05) is 0 Å². The fourth-order valence-corrected chi connectivity index (χ4v) is 2.25. The van der Waals surface area contributed by atoms with Crippen LogP contribution in [0.1, 0.15) is 32.1 Å². The van der Waals surface area contributed by atoms with E-state index in [1.54, 1.807) is 26.8 Å². The van der Waals surface area contributed by atoms with Crippen molar-refractivity contribution in [2.24, 2.45) is 0 Å². The van der Waals surface area contributed by atoms with Gasteiger partial charge in [0.2, 0.25) is 5.91 Å². The first-order valence-corrected chi connectivity index (χ1v) is 8.94. The van der Waals surface area contributed by atoms with E-state index in [0.717, 1.165) is 0 Å². The van der Waals surface area contributed by atoms with Gasteiger partial charge in [-0.1, -0.05) is 6.07 Å². The smallest absolute Gasteiger partial charge is 0.433 e. The third kappa shape index (κ3) is 7.09. The number of aliphatic hydroxyl groups excluding tert-OH is 1. The molecule has 0 aliphatic carbocycles. The molecule has 0 saturated carbocycles. The maximum Gasteiger partial charge on any atom is 0.433 e. The summed E-state index contributed by atoms with van der Waals surface area (Å²) in [6.07, 6.45) is -0.738. The molecule has 2 aromatic rings. The van der Waals surface area contributed by atoms with Gasteiger partial charge < -0.3 is 29.6 Å². The molecule has 0 fully saturated rings. The van der Waals surface area contributed by atoms with E-state index in [-0.39, 0.29) is 37.0 Å². The minimum absolute atomic E-state index is 0.120. The number of ether oxygens (including phenoxy) is 2. The molecule has 3 N–H and O–H groups in total. The lowest BCUT2D eigenvalue weighted by molar-refractivity contribution is -0.402. The molecule has 0 saturated heterocycles. The zero-order valence-corrected chi connectivity index (χ0v) is 16.8. The van der Waals surface area contributed by atoms with Gasteiger partial charge in [0.1, 0.15) is 35.2 Å². The van der Waals surface area contributed by atoms with Gasteiger partial charge in [0, 0.05) is 0 Å². The van der Waals surface area contributed by atoms with Crippen LogP contribution < -0.4 is 15.4 Å². The Morgan fingerprint density at radius 3 is 2.57 bits per heavy atom. The average Bonchev–Trinajstić information content (AvgIpc) is 3.13. The topological polar surface area (TPSA) is 153 Å². The van der Waals surface area contributed by atoms with Crippen molar-refractivity contribution in [3.63, 3.8) is 0 Å². The van der Waals surface area contributed by atoms with Crippen LogP contribution in [0.25, 0.3) is 0 Å². The maximum atomic E-state index is 12.2. The van der Waals surface area contributed by atoms with Crippen molar-refractivity contribution in [3.05, 3.63) is 51.8 Å². The number of nitrogens with one attached hydrogen (secondary N) is 2. The lowest BCUT2D eigenvalue weighted by Crippen LogP contribution is -2.37. The van der Waals surface area contributed by atoms with Gasteiger partial charge in [-0.15, -0.1) is 0 Å². The van der Waals surface area contributed by atoms with Crippen molar-refractivity contribution in [1.82, 2.24) is 5.32 Å². The highest BCUT2D eigenvalue weighted by Crippen LogP contribution is 2.27. The molecule has 0 aliphatic heterocycles. The van der Waals surface area contributed by atoms with Gasteiger partial charge in [-0.3, -0.25) is 14.9 Å². The number of alkyl carbamates (subject to hydrolysis) is 1. The van der Waals surface area contributed by atoms with Crippen LogP contribution in [-0.2, 0) is 22.7 Å². The van der Waals surface area contributed by atoms with Gasteiger partial charge in [-0.25, -0.2) is 4.79 Å². The molecule has 11 nitrogen and oxygen atoms in total. The Labute approximate surface area is 172 Å². The summed E-state index contributed by atoms with van der Waals surface area (Å²) in [6, 6.07) is 7.24. The molecule has 0 spiro atoms. The fraction of sp³-hybridized carbons (Fsp3) is 0.368. The third-order valence-electron chi connectivity index (χ3n) is 3.49.